The summed E-state index contributed by atoms with van der Waals surface area (Å²) in [5.41, 5.74) is 0.130. The Morgan fingerprint density at radius 2 is 2.29 bits per heavy atom. The zero-order valence-corrected chi connectivity index (χ0v) is 9.88. The average molecular weight is 237 g/mol. The van der Waals surface area contributed by atoms with Crippen LogP contribution in [0, 0.1) is 17.0 Å². The first-order valence-corrected chi connectivity index (χ1v) is 5.53. The molecule has 92 valence electrons. The predicted molar refractivity (Wildman–Crippen MR) is 63.1 cm³/mol. The summed E-state index contributed by atoms with van der Waals surface area (Å²) in [5, 5.41) is 20.5. The molecular formula is C11H15N3O3. The molecule has 0 unspecified atom stereocenters. The summed E-state index contributed by atoms with van der Waals surface area (Å²) in [6.45, 7) is 4.80. The lowest BCUT2D eigenvalue weighted by Gasteiger charge is -2.47. The van der Waals surface area contributed by atoms with E-state index in [0.29, 0.717) is 25.3 Å². The Kier molecular flexibility index (Phi) is 2.74. The normalized spacial score (nSPS) is 17.7. The largest absolute Gasteiger partial charge is 0.386 e. The van der Waals surface area contributed by atoms with Gasteiger partial charge in [-0.2, -0.15) is 0 Å². The number of nitrogens with zero attached hydrogens (tertiary/aromatic N) is 3. The van der Waals surface area contributed by atoms with Gasteiger partial charge < -0.3 is 10.0 Å². The number of rotatable bonds is 3. The van der Waals surface area contributed by atoms with Crippen LogP contribution in [0.2, 0.25) is 0 Å². The van der Waals surface area contributed by atoms with Crippen LogP contribution in [-0.2, 0) is 0 Å². The molecule has 1 aromatic heterocycles. The van der Waals surface area contributed by atoms with Crippen LogP contribution < -0.4 is 4.90 Å². The maximum Gasteiger partial charge on any atom is 0.287 e. The van der Waals surface area contributed by atoms with Gasteiger partial charge in [-0.05, 0) is 18.9 Å². The van der Waals surface area contributed by atoms with Gasteiger partial charge in [-0.15, -0.1) is 0 Å². The van der Waals surface area contributed by atoms with Gasteiger partial charge in [0.15, 0.2) is 0 Å². The van der Waals surface area contributed by atoms with Crippen LogP contribution >= 0.6 is 0 Å². The van der Waals surface area contributed by atoms with Crippen LogP contribution in [0.15, 0.2) is 12.3 Å². The fourth-order valence-electron chi connectivity index (χ4n) is 2.02. The van der Waals surface area contributed by atoms with Crippen LogP contribution in [0.5, 0.6) is 0 Å². The Labute approximate surface area is 99.0 Å². The molecule has 0 bridgehead atoms. The van der Waals surface area contributed by atoms with Crippen molar-refractivity contribution in [2.75, 3.05) is 18.0 Å². The van der Waals surface area contributed by atoms with Crippen LogP contribution in [0.25, 0.3) is 0 Å². The summed E-state index contributed by atoms with van der Waals surface area (Å²) in [6.07, 6.45) is 1.96. The van der Waals surface area contributed by atoms with Crippen molar-refractivity contribution in [2.24, 2.45) is 0 Å². The zero-order chi connectivity index (χ0) is 12.6. The topological polar surface area (TPSA) is 79.5 Å². The van der Waals surface area contributed by atoms with Crippen molar-refractivity contribution in [2.45, 2.75) is 25.9 Å². The Hall–Kier alpha value is -1.69. The molecule has 1 saturated heterocycles. The third kappa shape index (κ3) is 2.08. The standard InChI is InChI=1S/C11H15N3O3/c1-3-11(15)6-13(7-11)10-8(2)4-9(5-12-10)14(16)17/h4-5,15H,3,6-7H2,1-2H3. The lowest BCUT2D eigenvalue weighted by Crippen LogP contribution is -2.62. The summed E-state index contributed by atoms with van der Waals surface area (Å²) >= 11 is 0. The molecular weight excluding hydrogens is 222 g/mol. The van der Waals surface area contributed by atoms with Gasteiger partial charge in [0, 0.05) is 19.2 Å². The molecule has 6 nitrogen and oxygen atoms in total. The Morgan fingerprint density at radius 1 is 1.65 bits per heavy atom. The van der Waals surface area contributed by atoms with Crippen molar-refractivity contribution in [1.82, 2.24) is 4.98 Å². The van der Waals surface area contributed by atoms with E-state index in [1.54, 1.807) is 6.92 Å². The maximum absolute atomic E-state index is 10.6. The maximum atomic E-state index is 10.6. The number of β-amino-alcohol motifs (C(OH)–C–C–N with tert-alkyl or cyclic N) is 1. The molecule has 2 heterocycles. The van der Waals surface area contributed by atoms with Crippen molar-refractivity contribution >= 4 is 11.5 Å². The molecule has 0 radical (unpaired) electrons. The van der Waals surface area contributed by atoms with E-state index in [0.717, 1.165) is 5.56 Å². The third-order valence-corrected chi connectivity index (χ3v) is 3.18. The molecule has 17 heavy (non-hydrogen) atoms. The summed E-state index contributed by atoms with van der Waals surface area (Å²) in [6, 6.07) is 1.51. The average Bonchev–Trinajstić information content (AvgIpc) is 2.25. The lowest BCUT2D eigenvalue weighted by atomic mass is 9.91. The number of aryl methyl sites for hydroxylation is 1. The molecule has 1 N–H and O–H groups in total. The summed E-state index contributed by atoms with van der Waals surface area (Å²) in [4.78, 5) is 16.2. The fourth-order valence-corrected chi connectivity index (χ4v) is 2.02. The van der Waals surface area contributed by atoms with Crippen molar-refractivity contribution in [3.05, 3.63) is 27.9 Å². The Balaban J connectivity index is 2.17. The SMILES string of the molecule is CCC1(O)CN(c2ncc([N+](=O)[O-])cc2C)C1. The highest BCUT2D eigenvalue weighted by atomic mass is 16.6. The Morgan fingerprint density at radius 3 is 2.76 bits per heavy atom. The molecule has 0 saturated carbocycles. The van der Waals surface area contributed by atoms with E-state index in [1.165, 1.54) is 12.3 Å². The number of hydrogen-bond acceptors (Lipinski definition) is 5. The second-order valence-corrected chi connectivity index (χ2v) is 4.53. The summed E-state index contributed by atoms with van der Waals surface area (Å²) in [5.74, 6) is 0.716. The molecule has 0 aromatic carbocycles. The van der Waals surface area contributed by atoms with Crippen LogP contribution in [0.4, 0.5) is 11.5 Å². The number of anilines is 1. The number of aliphatic hydroxyl groups is 1. The van der Waals surface area contributed by atoms with Crippen LogP contribution in [0.3, 0.4) is 0 Å². The van der Waals surface area contributed by atoms with Gasteiger partial charge in [0.05, 0.1) is 10.5 Å². The molecule has 2 rings (SSSR count). The quantitative estimate of drug-likeness (QED) is 0.632. The molecule has 0 aliphatic carbocycles. The predicted octanol–water partition coefficient (Wildman–Crippen LogP) is 1.26. The van der Waals surface area contributed by atoms with E-state index in [9.17, 15) is 15.2 Å². The molecule has 0 atom stereocenters. The molecule has 1 aliphatic rings. The van der Waals surface area contributed by atoms with E-state index >= 15 is 0 Å². The minimum absolute atomic E-state index is 0.00229. The second kappa shape index (κ2) is 3.96. The van der Waals surface area contributed by atoms with E-state index in [1.807, 2.05) is 11.8 Å². The van der Waals surface area contributed by atoms with Crippen LogP contribution in [-0.4, -0.2) is 33.7 Å². The molecule has 1 aliphatic heterocycles. The van der Waals surface area contributed by atoms with Crippen molar-refractivity contribution in [3.63, 3.8) is 0 Å². The highest BCUT2D eigenvalue weighted by Gasteiger charge is 2.40. The molecule has 0 amide bonds. The summed E-state index contributed by atoms with van der Waals surface area (Å²) < 4.78 is 0. The van der Waals surface area contributed by atoms with Gasteiger partial charge in [-0.25, -0.2) is 4.98 Å². The number of nitro groups is 1. The molecule has 0 spiro atoms. The monoisotopic (exact) mass is 237 g/mol. The second-order valence-electron chi connectivity index (χ2n) is 4.53. The van der Waals surface area contributed by atoms with Gasteiger partial charge in [0.25, 0.3) is 5.69 Å². The van der Waals surface area contributed by atoms with E-state index in [2.05, 4.69) is 4.98 Å². The van der Waals surface area contributed by atoms with Crippen LogP contribution in [0.1, 0.15) is 18.9 Å². The minimum atomic E-state index is -0.629. The first kappa shape index (κ1) is 11.8. The first-order valence-electron chi connectivity index (χ1n) is 5.53. The number of aromatic nitrogens is 1. The highest BCUT2D eigenvalue weighted by Crippen LogP contribution is 2.31. The molecule has 1 fully saturated rings. The van der Waals surface area contributed by atoms with Gasteiger partial charge >= 0.3 is 0 Å². The molecule has 6 heteroatoms. The van der Waals surface area contributed by atoms with Gasteiger partial charge in [-0.1, -0.05) is 6.92 Å². The fraction of sp³-hybridized carbons (Fsp3) is 0.545. The van der Waals surface area contributed by atoms with Gasteiger partial charge in [-0.3, -0.25) is 10.1 Å². The summed E-state index contributed by atoms with van der Waals surface area (Å²) in [7, 11) is 0. The highest BCUT2D eigenvalue weighted by molar-refractivity contribution is 5.53. The van der Waals surface area contributed by atoms with E-state index in [-0.39, 0.29) is 5.69 Å². The van der Waals surface area contributed by atoms with E-state index < -0.39 is 10.5 Å². The van der Waals surface area contributed by atoms with E-state index in [4.69, 9.17) is 0 Å². The Bertz CT molecular complexity index is 455. The number of hydrogen-bond donors (Lipinski definition) is 1. The zero-order valence-electron chi connectivity index (χ0n) is 9.88. The van der Waals surface area contributed by atoms with Gasteiger partial charge in [0.2, 0.25) is 0 Å². The van der Waals surface area contributed by atoms with Crippen molar-refractivity contribution < 1.29 is 10.0 Å². The number of pyridine rings is 1. The smallest absolute Gasteiger partial charge is 0.287 e. The minimum Gasteiger partial charge on any atom is -0.386 e. The molecule has 1 aromatic rings. The first-order chi connectivity index (χ1) is 7.95. The lowest BCUT2D eigenvalue weighted by molar-refractivity contribution is -0.385. The van der Waals surface area contributed by atoms with Crippen molar-refractivity contribution in [3.8, 4) is 0 Å². The third-order valence-electron chi connectivity index (χ3n) is 3.18. The van der Waals surface area contributed by atoms with Gasteiger partial charge in [0.1, 0.15) is 12.0 Å². The van der Waals surface area contributed by atoms with Crippen molar-refractivity contribution in [1.29, 1.82) is 0 Å².